The van der Waals surface area contributed by atoms with E-state index in [0.29, 0.717) is 19.7 Å². The molecule has 1 fully saturated rings. The molecule has 31 heavy (non-hydrogen) atoms. The van der Waals surface area contributed by atoms with Gasteiger partial charge in [0.25, 0.3) is 0 Å². The molecule has 0 atom stereocenters. The van der Waals surface area contributed by atoms with Crippen molar-refractivity contribution in [2.24, 2.45) is 4.99 Å². The van der Waals surface area contributed by atoms with Gasteiger partial charge in [0.05, 0.1) is 13.2 Å². The van der Waals surface area contributed by atoms with Gasteiger partial charge in [0.2, 0.25) is 0 Å². The third-order valence-corrected chi connectivity index (χ3v) is 5.39. The molecule has 0 bridgehead atoms. The zero-order valence-electron chi connectivity index (χ0n) is 19.3. The Kier molecular flexibility index (Phi) is 8.53. The predicted octanol–water partition coefficient (Wildman–Crippen LogP) is 2.80. The van der Waals surface area contributed by atoms with Crippen LogP contribution in [0.15, 0.2) is 41.5 Å². The molecule has 0 aliphatic carbocycles. The second-order valence-corrected chi connectivity index (χ2v) is 7.87. The van der Waals surface area contributed by atoms with Gasteiger partial charge in [-0.15, -0.1) is 0 Å². The van der Waals surface area contributed by atoms with Crippen molar-refractivity contribution in [2.45, 2.75) is 33.9 Å². The smallest absolute Gasteiger partial charge is 0.191 e. The summed E-state index contributed by atoms with van der Waals surface area (Å²) in [5, 5.41) is 6.83. The summed E-state index contributed by atoms with van der Waals surface area (Å²) in [7, 11) is 2.17. The highest BCUT2D eigenvalue weighted by Gasteiger charge is 2.18. The minimum Gasteiger partial charge on any atom is -0.494 e. The Morgan fingerprint density at radius 1 is 1.10 bits per heavy atom. The first-order valence-electron chi connectivity index (χ1n) is 11.2. The maximum Gasteiger partial charge on any atom is 0.191 e. The van der Waals surface area contributed by atoms with Crippen LogP contribution < -0.4 is 20.3 Å². The van der Waals surface area contributed by atoms with Gasteiger partial charge in [0.1, 0.15) is 11.6 Å². The van der Waals surface area contributed by atoms with Crippen molar-refractivity contribution in [1.29, 1.82) is 0 Å². The topological polar surface area (TPSA) is 65.0 Å². The number of aliphatic imine (C=N–C) groups is 1. The van der Waals surface area contributed by atoms with Crippen LogP contribution in [-0.2, 0) is 13.1 Å². The number of ether oxygens (including phenoxy) is 1. The van der Waals surface area contributed by atoms with E-state index in [9.17, 15) is 0 Å². The number of nitrogens with one attached hydrogen (secondary N) is 2. The Hall–Kier alpha value is -2.80. The largest absolute Gasteiger partial charge is 0.494 e. The van der Waals surface area contributed by atoms with Crippen molar-refractivity contribution in [2.75, 3.05) is 51.3 Å². The number of rotatable bonds is 8. The van der Waals surface area contributed by atoms with Gasteiger partial charge in [-0.05, 0) is 45.5 Å². The number of likely N-dealkylation sites (N-methyl/N-ethyl adjacent to an activating group) is 1. The molecular weight excluding hydrogens is 388 g/mol. The average Bonchev–Trinajstić information content (AvgIpc) is 2.78. The lowest BCUT2D eigenvalue weighted by Crippen LogP contribution is -2.45. The third kappa shape index (κ3) is 6.59. The maximum atomic E-state index is 5.80. The van der Waals surface area contributed by atoms with Gasteiger partial charge in [-0.1, -0.05) is 18.2 Å². The Labute approximate surface area is 186 Å². The van der Waals surface area contributed by atoms with Gasteiger partial charge in [-0.3, -0.25) is 0 Å². The molecule has 0 spiro atoms. The van der Waals surface area contributed by atoms with E-state index in [1.165, 1.54) is 11.1 Å². The van der Waals surface area contributed by atoms with Crippen molar-refractivity contribution in [3.05, 3.63) is 53.2 Å². The molecule has 7 heteroatoms. The van der Waals surface area contributed by atoms with Crippen LogP contribution in [0.3, 0.4) is 0 Å². The van der Waals surface area contributed by atoms with Gasteiger partial charge >= 0.3 is 0 Å². The lowest BCUT2D eigenvalue weighted by molar-refractivity contribution is 0.312. The van der Waals surface area contributed by atoms with Crippen LogP contribution in [0.4, 0.5) is 5.82 Å². The van der Waals surface area contributed by atoms with Crippen LogP contribution in [0, 0.1) is 6.92 Å². The van der Waals surface area contributed by atoms with Crippen molar-refractivity contribution in [3.63, 3.8) is 0 Å². The second kappa shape index (κ2) is 11.6. The van der Waals surface area contributed by atoms with Crippen LogP contribution in [0.1, 0.15) is 30.5 Å². The van der Waals surface area contributed by atoms with Crippen molar-refractivity contribution >= 4 is 11.8 Å². The van der Waals surface area contributed by atoms with E-state index in [2.05, 4.69) is 70.6 Å². The van der Waals surface area contributed by atoms with Crippen molar-refractivity contribution in [3.8, 4) is 5.75 Å². The molecule has 2 aromatic rings. The average molecular weight is 425 g/mol. The first-order valence-corrected chi connectivity index (χ1v) is 11.2. The van der Waals surface area contributed by atoms with Gasteiger partial charge in [0.15, 0.2) is 5.96 Å². The van der Waals surface area contributed by atoms with Crippen LogP contribution in [0.2, 0.25) is 0 Å². The number of benzene rings is 1. The minimum absolute atomic E-state index is 0.559. The van der Waals surface area contributed by atoms with Crippen LogP contribution in [0.5, 0.6) is 5.75 Å². The highest BCUT2D eigenvalue weighted by molar-refractivity contribution is 5.80. The molecule has 1 aliphatic heterocycles. The fourth-order valence-corrected chi connectivity index (χ4v) is 3.64. The van der Waals surface area contributed by atoms with Gasteiger partial charge in [-0.2, -0.15) is 0 Å². The Bertz CT molecular complexity index is 861. The van der Waals surface area contributed by atoms with Crippen LogP contribution >= 0.6 is 0 Å². The minimum atomic E-state index is 0.559. The van der Waals surface area contributed by atoms with Crippen LogP contribution in [-0.4, -0.2) is 62.2 Å². The summed E-state index contributed by atoms with van der Waals surface area (Å²) in [6.45, 7) is 13.0. The predicted molar refractivity (Wildman–Crippen MR) is 128 cm³/mol. The van der Waals surface area contributed by atoms with E-state index >= 15 is 0 Å². The number of aromatic nitrogens is 1. The fraction of sp³-hybridized carbons (Fsp3) is 0.500. The second-order valence-electron chi connectivity index (χ2n) is 7.87. The SMILES string of the molecule is CCNC(=NCc1ccc(C)cc1OCC)NCc1cccnc1N1CCN(C)CC1. The highest BCUT2D eigenvalue weighted by Crippen LogP contribution is 2.21. The van der Waals surface area contributed by atoms with Crippen molar-refractivity contribution < 1.29 is 4.74 Å². The number of nitrogens with zero attached hydrogens (tertiary/aromatic N) is 4. The van der Waals surface area contributed by atoms with Gasteiger partial charge in [0, 0.05) is 56.6 Å². The molecule has 1 saturated heterocycles. The molecule has 0 unspecified atom stereocenters. The summed E-state index contributed by atoms with van der Waals surface area (Å²) in [5.74, 6) is 2.77. The summed E-state index contributed by atoms with van der Waals surface area (Å²) in [6.07, 6.45) is 1.88. The third-order valence-electron chi connectivity index (χ3n) is 5.39. The molecule has 3 rings (SSSR count). The maximum absolute atomic E-state index is 5.80. The molecule has 2 N–H and O–H groups in total. The highest BCUT2D eigenvalue weighted by atomic mass is 16.5. The molecule has 1 aromatic heterocycles. The molecule has 0 radical (unpaired) electrons. The molecule has 168 valence electrons. The van der Waals surface area contributed by atoms with E-state index in [1.807, 2.05) is 19.2 Å². The number of guanidine groups is 1. The summed E-state index contributed by atoms with van der Waals surface area (Å²) < 4.78 is 5.80. The quantitative estimate of drug-likeness (QED) is 0.502. The Morgan fingerprint density at radius 2 is 1.90 bits per heavy atom. The van der Waals surface area contributed by atoms with E-state index in [1.54, 1.807) is 0 Å². The van der Waals surface area contributed by atoms with E-state index in [0.717, 1.165) is 55.8 Å². The molecular formula is C24H36N6O. The Morgan fingerprint density at radius 3 is 2.65 bits per heavy atom. The van der Waals surface area contributed by atoms with Gasteiger partial charge in [-0.25, -0.2) is 9.98 Å². The van der Waals surface area contributed by atoms with Crippen molar-refractivity contribution in [1.82, 2.24) is 20.5 Å². The van der Waals surface area contributed by atoms with Crippen LogP contribution in [0.25, 0.3) is 0 Å². The first kappa shape index (κ1) is 22.9. The number of hydrogen-bond acceptors (Lipinski definition) is 5. The zero-order chi connectivity index (χ0) is 22.1. The molecule has 1 aliphatic rings. The normalized spacial score (nSPS) is 15.1. The molecule has 7 nitrogen and oxygen atoms in total. The number of piperazine rings is 1. The summed E-state index contributed by atoms with van der Waals surface area (Å²) in [4.78, 5) is 14.2. The van der Waals surface area contributed by atoms with Gasteiger partial charge < -0.3 is 25.2 Å². The monoisotopic (exact) mass is 424 g/mol. The number of anilines is 1. The number of pyridine rings is 1. The zero-order valence-corrected chi connectivity index (χ0v) is 19.3. The van der Waals surface area contributed by atoms with E-state index in [-0.39, 0.29) is 0 Å². The first-order chi connectivity index (χ1) is 15.1. The van der Waals surface area contributed by atoms with E-state index in [4.69, 9.17) is 9.73 Å². The lowest BCUT2D eigenvalue weighted by atomic mass is 10.1. The molecule has 2 heterocycles. The summed E-state index contributed by atoms with van der Waals surface area (Å²) in [6, 6.07) is 10.4. The molecule has 1 aromatic carbocycles. The standard InChI is InChI=1S/C24H36N6O/c1-5-25-24(27-17-20-10-9-19(3)16-22(20)31-6-2)28-18-21-8-7-11-26-23(21)30-14-12-29(4)13-15-30/h7-11,16H,5-6,12-15,17-18H2,1-4H3,(H2,25,27,28). The Balaban J connectivity index is 1.69. The molecule has 0 saturated carbocycles. The molecule has 0 amide bonds. The fourth-order valence-electron chi connectivity index (χ4n) is 3.64. The number of hydrogen-bond donors (Lipinski definition) is 2. The lowest BCUT2D eigenvalue weighted by Gasteiger charge is -2.34. The summed E-state index contributed by atoms with van der Waals surface area (Å²) >= 11 is 0. The summed E-state index contributed by atoms with van der Waals surface area (Å²) in [5.41, 5.74) is 3.46. The number of aryl methyl sites for hydroxylation is 1. The van der Waals surface area contributed by atoms with E-state index < -0.39 is 0 Å².